The topological polar surface area (TPSA) is 61.9 Å². The number of hydrogen-bond donors (Lipinski definition) is 1. The molecule has 0 aromatic carbocycles. The Labute approximate surface area is 119 Å². The summed E-state index contributed by atoms with van der Waals surface area (Å²) < 4.78 is 5.61. The van der Waals surface area contributed by atoms with Crippen LogP contribution in [0.3, 0.4) is 0 Å². The standard InChI is InChI=1S/C14H21N3OS/c1-4-7-16-14(9-15)6-5-12(8-14)19-13-17-10(2)11(3)18-13/h12,16H,4-8H2,1-3H3. The number of oxazole rings is 1. The molecule has 2 unspecified atom stereocenters. The van der Waals surface area contributed by atoms with Gasteiger partial charge in [-0.1, -0.05) is 18.7 Å². The summed E-state index contributed by atoms with van der Waals surface area (Å²) in [5.74, 6) is 0.885. The number of thioether (sulfide) groups is 1. The summed E-state index contributed by atoms with van der Waals surface area (Å²) in [6.45, 7) is 6.92. The number of aryl methyl sites for hydroxylation is 2. The van der Waals surface area contributed by atoms with Gasteiger partial charge in [0.05, 0.1) is 11.8 Å². The molecule has 0 aliphatic heterocycles. The van der Waals surface area contributed by atoms with Gasteiger partial charge in [0.25, 0.3) is 5.22 Å². The van der Waals surface area contributed by atoms with Gasteiger partial charge in [0, 0.05) is 5.25 Å². The second-order valence-corrected chi connectivity index (χ2v) is 6.48. The molecule has 2 rings (SSSR count). The van der Waals surface area contributed by atoms with Crippen molar-refractivity contribution < 1.29 is 4.42 Å². The Morgan fingerprint density at radius 2 is 2.37 bits per heavy atom. The number of nitriles is 1. The summed E-state index contributed by atoms with van der Waals surface area (Å²) in [6, 6.07) is 2.47. The molecule has 1 aromatic heterocycles. The average molecular weight is 279 g/mol. The fourth-order valence-corrected chi connectivity index (χ4v) is 3.65. The fraction of sp³-hybridized carbons (Fsp3) is 0.714. The zero-order valence-corrected chi connectivity index (χ0v) is 12.6. The number of nitrogens with one attached hydrogen (secondary N) is 1. The molecule has 1 saturated carbocycles. The van der Waals surface area contributed by atoms with E-state index in [1.54, 1.807) is 11.8 Å². The summed E-state index contributed by atoms with van der Waals surface area (Å²) in [5, 5.41) is 14.0. The predicted molar refractivity (Wildman–Crippen MR) is 76.1 cm³/mol. The second-order valence-electron chi connectivity index (χ2n) is 5.22. The fourth-order valence-electron chi connectivity index (χ4n) is 2.40. The number of nitrogens with zero attached hydrogens (tertiary/aromatic N) is 2. The smallest absolute Gasteiger partial charge is 0.256 e. The van der Waals surface area contributed by atoms with Gasteiger partial charge < -0.3 is 4.42 Å². The maximum atomic E-state index is 9.41. The Kier molecular flexibility index (Phi) is 4.54. The first-order valence-electron chi connectivity index (χ1n) is 6.85. The highest BCUT2D eigenvalue weighted by atomic mass is 32.2. The van der Waals surface area contributed by atoms with Crippen LogP contribution in [-0.2, 0) is 0 Å². The molecule has 1 aliphatic rings. The van der Waals surface area contributed by atoms with Gasteiger partial charge >= 0.3 is 0 Å². The van der Waals surface area contributed by atoms with Gasteiger partial charge in [0.1, 0.15) is 11.3 Å². The van der Waals surface area contributed by atoms with Crippen molar-refractivity contribution in [3.63, 3.8) is 0 Å². The Bertz CT molecular complexity index is 460. The lowest BCUT2D eigenvalue weighted by atomic mass is 10.00. The first kappa shape index (κ1) is 14.4. The first-order chi connectivity index (χ1) is 9.08. The lowest BCUT2D eigenvalue weighted by Gasteiger charge is -2.22. The third kappa shape index (κ3) is 3.31. The van der Waals surface area contributed by atoms with Crippen molar-refractivity contribution in [2.75, 3.05) is 6.54 Å². The highest BCUT2D eigenvalue weighted by Crippen LogP contribution is 2.40. The molecule has 0 spiro atoms. The van der Waals surface area contributed by atoms with Gasteiger partial charge in [-0.15, -0.1) is 0 Å². The molecule has 0 saturated heterocycles. The van der Waals surface area contributed by atoms with E-state index in [2.05, 4.69) is 23.3 Å². The second kappa shape index (κ2) is 5.98. The molecule has 0 bridgehead atoms. The molecule has 0 amide bonds. The van der Waals surface area contributed by atoms with E-state index in [1.807, 2.05) is 13.8 Å². The van der Waals surface area contributed by atoms with Crippen molar-refractivity contribution in [2.24, 2.45) is 0 Å². The summed E-state index contributed by atoms with van der Waals surface area (Å²) in [5.41, 5.74) is 0.612. The van der Waals surface area contributed by atoms with Gasteiger partial charge in [0.15, 0.2) is 0 Å². The molecule has 1 heterocycles. The molecule has 4 nitrogen and oxygen atoms in total. The van der Waals surface area contributed by atoms with Gasteiger partial charge in [-0.3, -0.25) is 5.32 Å². The van der Waals surface area contributed by atoms with Crippen LogP contribution in [0.5, 0.6) is 0 Å². The van der Waals surface area contributed by atoms with Crippen molar-refractivity contribution in [1.82, 2.24) is 10.3 Å². The number of aromatic nitrogens is 1. The zero-order valence-electron chi connectivity index (χ0n) is 11.8. The van der Waals surface area contributed by atoms with Gasteiger partial charge in [-0.05, 0) is 46.1 Å². The van der Waals surface area contributed by atoms with Crippen molar-refractivity contribution in [3.8, 4) is 6.07 Å². The highest BCUT2D eigenvalue weighted by Gasteiger charge is 2.39. The Hall–Kier alpha value is -0.990. The summed E-state index contributed by atoms with van der Waals surface area (Å²) in [6.07, 6.45) is 3.88. The van der Waals surface area contributed by atoms with Crippen molar-refractivity contribution >= 4 is 11.8 Å². The minimum atomic E-state index is -0.343. The van der Waals surface area contributed by atoms with E-state index in [9.17, 15) is 5.26 Å². The van der Waals surface area contributed by atoms with Crippen LogP contribution in [-0.4, -0.2) is 22.3 Å². The van der Waals surface area contributed by atoms with Crippen LogP contribution in [0.2, 0.25) is 0 Å². The van der Waals surface area contributed by atoms with Crippen LogP contribution in [0, 0.1) is 25.2 Å². The third-order valence-electron chi connectivity index (χ3n) is 3.67. The van der Waals surface area contributed by atoms with Crippen LogP contribution < -0.4 is 5.32 Å². The van der Waals surface area contributed by atoms with Crippen LogP contribution in [0.15, 0.2) is 9.64 Å². The van der Waals surface area contributed by atoms with E-state index in [4.69, 9.17) is 4.42 Å². The number of rotatable bonds is 5. The summed E-state index contributed by atoms with van der Waals surface area (Å²) >= 11 is 1.67. The van der Waals surface area contributed by atoms with Crippen molar-refractivity contribution in [1.29, 1.82) is 5.26 Å². The highest BCUT2D eigenvalue weighted by molar-refractivity contribution is 7.99. The molecular formula is C14H21N3OS. The van der Waals surface area contributed by atoms with E-state index in [0.717, 1.165) is 48.9 Å². The molecule has 104 valence electrons. The van der Waals surface area contributed by atoms with Gasteiger partial charge in [-0.2, -0.15) is 5.26 Å². The quantitative estimate of drug-likeness (QED) is 0.896. The molecule has 19 heavy (non-hydrogen) atoms. The molecule has 5 heteroatoms. The minimum absolute atomic E-state index is 0.343. The maximum Gasteiger partial charge on any atom is 0.256 e. The number of hydrogen-bond acceptors (Lipinski definition) is 5. The predicted octanol–water partition coefficient (Wildman–Crippen LogP) is 3.20. The van der Waals surface area contributed by atoms with E-state index < -0.39 is 0 Å². The lowest BCUT2D eigenvalue weighted by Crippen LogP contribution is -2.42. The summed E-state index contributed by atoms with van der Waals surface area (Å²) in [4.78, 5) is 4.40. The van der Waals surface area contributed by atoms with Crippen LogP contribution in [0.1, 0.15) is 44.1 Å². The molecule has 1 aromatic rings. The third-order valence-corrected chi connectivity index (χ3v) is 4.78. The van der Waals surface area contributed by atoms with E-state index in [1.165, 1.54) is 0 Å². The minimum Gasteiger partial charge on any atom is -0.437 e. The molecule has 1 fully saturated rings. The van der Waals surface area contributed by atoms with Crippen molar-refractivity contribution in [2.45, 2.75) is 62.5 Å². The van der Waals surface area contributed by atoms with Gasteiger partial charge in [-0.25, -0.2) is 4.98 Å². The maximum absolute atomic E-state index is 9.41. The SMILES string of the molecule is CCCNC1(C#N)CCC(Sc2nc(C)c(C)o2)C1. The van der Waals surface area contributed by atoms with Crippen LogP contribution in [0.4, 0.5) is 0 Å². The van der Waals surface area contributed by atoms with Crippen molar-refractivity contribution in [3.05, 3.63) is 11.5 Å². The molecular weight excluding hydrogens is 258 g/mol. The van der Waals surface area contributed by atoms with Crippen LogP contribution >= 0.6 is 11.8 Å². The first-order valence-corrected chi connectivity index (χ1v) is 7.73. The molecule has 1 aliphatic carbocycles. The largest absolute Gasteiger partial charge is 0.437 e. The monoisotopic (exact) mass is 279 g/mol. The Morgan fingerprint density at radius 1 is 1.58 bits per heavy atom. The Morgan fingerprint density at radius 3 is 2.95 bits per heavy atom. The molecule has 0 radical (unpaired) electrons. The summed E-state index contributed by atoms with van der Waals surface area (Å²) in [7, 11) is 0. The normalized spacial score (nSPS) is 26.5. The molecule has 1 N–H and O–H groups in total. The van der Waals surface area contributed by atoms with Crippen LogP contribution in [0.25, 0.3) is 0 Å². The lowest BCUT2D eigenvalue weighted by molar-refractivity contribution is 0.421. The molecule has 2 atom stereocenters. The van der Waals surface area contributed by atoms with E-state index in [0.29, 0.717) is 5.25 Å². The van der Waals surface area contributed by atoms with E-state index in [-0.39, 0.29) is 5.54 Å². The van der Waals surface area contributed by atoms with E-state index >= 15 is 0 Å². The average Bonchev–Trinajstić information content (AvgIpc) is 2.93. The zero-order chi connectivity index (χ0) is 13.9. The van der Waals surface area contributed by atoms with Gasteiger partial charge in [0.2, 0.25) is 0 Å². The Balaban J connectivity index is 1.96.